The molecule has 0 saturated carbocycles. The van der Waals surface area contributed by atoms with Gasteiger partial charge in [-0.25, -0.2) is 0 Å². The molecule has 0 aromatic rings. The molecule has 0 rings (SSSR count). The fourth-order valence-corrected chi connectivity index (χ4v) is 35.3. The molecule has 0 heterocycles. The number of halogens is 2. The summed E-state index contributed by atoms with van der Waals surface area (Å²) < 4.78 is 0. The van der Waals surface area contributed by atoms with Crippen molar-refractivity contribution in [2.24, 2.45) is 0 Å². The van der Waals surface area contributed by atoms with Gasteiger partial charge in [0.1, 0.15) is 13.8 Å². The van der Waals surface area contributed by atoms with Crippen LogP contribution >= 0.6 is 22.2 Å². The maximum Gasteiger partial charge on any atom is 0.142 e. The first-order valence-corrected chi connectivity index (χ1v) is 22.0. The van der Waals surface area contributed by atoms with E-state index in [1.165, 1.54) is 5.67 Å². The molecule has 92 valence electrons. The summed E-state index contributed by atoms with van der Waals surface area (Å²) in [5.74, 6) is 0. The van der Waals surface area contributed by atoms with Crippen LogP contribution in [0.4, 0.5) is 0 Å². The number of rotatable bonds is 4. The summed E-state index contributed by atoms with van der Waals surface area (Å²) in [6, 6.07) is 0. The second kappa shape index (κ2) is 4.61. The Morgan fingerprint density at radius 1 is 0.600 bits per heavy atom. The Hall–Kier alpha value is 1.45. The van der Waals surface area contributed by atoms with Crippen LogP contribution in [-0.4, -0.2) is 29.0 Å². The van der Waals surface area contributed by atoms with Crippen molar-refractivity contribution in [3.63, 3.8) is 0 Å². The van der Waals surface area contributed by atoms with Crippen LogP contribution in [-0.2, 0) is 0 Å². The summed E-state index contributed by atoms with van der Waals surface area (Å²) in [7, 11) is -2.39. The van der Waals surface area contributed by atoms with Crippen molar-refractivity contribution in [1.29, 1.82) is 0 Å². The summed E-state index contributed by atoms with van der Waals surface area (Å²) in [6.45, 7) is 15.9. The van der Waals surface area contributed by atoms with E-state index in [1.807, 2.05) is 0 Å². The van der Waals surface area contributed by atoms with Gasteiger partial charge in [-0.15, -0.1) is 0 Å². The average Bonchev–Trinajstić information content (AvgIpc) is 1.77. The first-order chi connectivity index (χ1) is 6.21. The lowest BCUT2D eigenvalue weighted by Gasteiger charge is -2.41. The molecule has 0 aromatic heterocycles. The van der Waals surface area contributed by atoms with E-state index in [0.29, 0.717) is 0 Å². The van der Waals surface area contributed by atoms with E-state index in [-0.39, 0.29) is 0 Å². The Bertz CT molecular complexity index is 201. The van der Waals surface area contributed by atoms with E-state index in [4.69, 9.17) is 22.2 Å². The fourth-order valence-electron chi connectivity index (χ4n) is 1.15. The minimum Gasteiger partial charge on any atom is -0.171 e. The molecule has 0 radical (unpaired) electrons. The van der Waals surface area contributed by atoms with E-state index in [1.54, 1.807) is 0 Å². The van der Waals surface area contributed by atoms with Crippen LogP contribution in [0.1, 0.15) is 0 Å². The van der Waals surface area contributed by atoms with Crippen molar-refractivity contribution in [2.45, 2.75) is 58.0 Å². The Labute approximate surface area is 109 Å². The lowest BCUT2D eigenvalue weighted by Crippen LogP contribution is -2.61. The molecule has 0 aliphatic carbocycles. The molecule has 0 spiro atoms. The van der Waals surface area contributed by atoms with Gasteiger partial charge in [-0.05, 0) is 5.67 Å². The summed E-state index contributed by atoms with van der Waals surface area (Å²) >= 11 is 13.8. The SMILES string of the molecule is C[Si](C)(C)[Si](C)(Cl)C[Si](C)(Cl)[Si](C)(C)C. The predicted octanol–water partition coefficient (Wildman–Crippen LogP) is 4.99. The molecule has 2 unspecified atom stereocenters. The largest absolute Gasteiger partial charge is 0.171 e. The highest BCUT2D eigenvalue weighted by atomic mass is 35.6. The Morgan fingerprint density at radius 3 is 0.933 bits per heavy atom. The van der Waals surface area contributed by atoms with E-state index in [2.05, 4.69) is 52.4 Å². The normalized spacial score (nSPS) is 22.0. The Morgan fingerprint density at radius 2 is 0.800 bits per heavy atom. The van der Waals surface area contributed by atoms with Gasteiger partial charge < -0.3 is 0 Å². The van der Waals surface area contributed by atoms with E-state index < -0.39 is 29.0 Å². The molecular weight excluding hydrogens is 291 g/mol. The molecule has 0 amide bonds. The third-order valence-corrected chi connectivity index (χ3v) is 49.9. The minimum absolute atomic E-state index is 1.20. The lowest BCUT2D eigenvalue weighted by molar-refractivity contribution is 1.68. The van der Waals surface area contributed by atoms with Crippen LogP contribution in [0.3, 0.4) is 0 Å². The topological polar surface area (TPSA) is 0 Å². The van der Waals surface area contributed by atoms with Crippen LogP contribution < -0.4 is 0 Å². The van der Waals surface area contributed by atoms with Crippen LogP contribution in [0.25, 0.3) is 0 Å². The number of hydrogen-bond acceptors (Lipinski definition) is 0. The van der Waals surface area contributed by atoms with Gasteiger partial charge in [-0.3, -0.25) is 0 Å². The molecule has 0 aliphatic rings. The molecule has 0 aliphatic heterocycles. The molecule has 0 saturated heterocycles. The first kappa shape index (κ1) is 16.4. The number of hydrogen-bond donors (Lipinski definition) is 0. The molecule has 6 heteroatoms. The standard InChI is InChI=1S/C9H26Cl2Si4/c1-12(2,3)14(7,10)9-15(8,11)13(4,5)6/h9H2,1-8H3. The van der Waals surface area contributed by atoms with Crippen molar-refractivity contribution in [3.05, 3.63) is 0 Å². The van der Waals surface area contributed by atoms with Gasteiger partial charge in [0.15, 0.2) is 0 Å². The van der Waals surface area contributed by atoms with Gasteiger partial charge in [0.25, 0.3) is 0 Å². The van der Waals surface area contributed by atoms with Gasteiger partial charge in [0, 0.05) is 0 Å². The minimum atomic E-state index is -1.57. The quantitative estimate of drug-likeness (QED) is 0.506. The maximum absolute atomic E-state index is 6.88. The molecule has 2 atom stereocenters. The highest BCUT2D eigenvalue weighted by Gasteiger charge is 2.50. The molecule has 15 heavy (non-hydrogen) atoms. The van der Waals surface area contributed by atoms with Crippen molar-refractivity contribution in [2.75, 3.05) is 0 Å². The Balaban J connectivity index is 4.89. The summed E-state index contributed by atoms with van der Waals surface area (Å²) in [4.78, 5) is 0. The van der Waals surface area contributed by atoms with Gasteiger partial charge in [0.05, 0.1) is 15.2 Å². The highest BCUT2D eigenvalue weighted by molar-refractivity contribution is 7.68. The zero-order chi connectivity index (χ0) is 12.7. The van der Waals surface area contributed by atoms with Crippen molar-refractivity contribution in [1.82, 2.24) is 0 Å². The maximum atomic E-state index is 6.88. The Kier molecular flexibility index (Phi) is 5.05. The summed E-state index contributed by atoms with van der Waals surface area (Å²) in [5, 5.41) is 0. The molecule has 0 nitrogen and oxygen atoms in total. The summed E-state index contributed by atoms with van der Waals surface area (Å²) in [6.07, 6.45) is 0. The van der Waals surface area contributed by atoms with Crippen molar-refractivity contribution < 1.29 is 0 Å². The van der Waals surface area contributed by atoms with Crippen LogP contribution in [0.2, 0.25) is 58.0 Å². The van der Waals surface area contributed by atoms with Gasteiger partial charge in [0.2, 0.25) is 0 Å². The van der Waals surface area contributed by atoms with Gasteiger partial charge >= 0.3 is 0 Å². The molecule has 0 N–H and O–H groups in total. The third-order valence-electron chi connectivity index (χ3n) is 3.79. The van der Waals surface area contributed by atoms with Crippen LogP contribution in [0, 0.1) is 0 Å². The van der Waals surface area contributed by atoms with Crippen LogP contribution in [0.5, 0.6) is 0 Å². The molecular formula is C9H26Cl2Si4. The highest BCUT2D eigenvalue weighted by Crippen LogP contribution is 2.37. The predicted molar refractivity (Wildman–Crippen MR) is 86.4 cm³/mol. The smallest absolute Gasteiger partial charge is 0.142 e. The fraction of sp³-hybridized carbons (Fsp3) is 1.00. The van der Waals surface area contributed by atoms with Crippen LogP contribution in [0.15, 0.2) is 0 Å². The zero-order valence-corrected chi connectivity index (χ0v) is 17.0. The zero-order valence-electron chi connectivity index (χ0n) is 11.5. The van der Waals surface area contributed by atoms with Crippen molar-refractivity contribution in [3.8, 4) is 0 Å². The first-order valence-electron chi connectivity index (χ1n) is 5.59. The average molecular weight is 318 g/mol. The van der Waals surface area contributed by atoms with E-state index >= 15 is 0 Å². The second-order valence-corrected chi connectivity index (χ2v) is 44.8. The molecule has 0 bridgehead atoms. The molecule has 0 aromatic carbocycles. The monoisotopic (exact) mass is 316 g/mol. The van der Waals surface area contributed by atoms with Gasteiger partial charge in [-0.2, -0.15) is 22.2 Å². The third kappa shape index (κ3) is 4.31. The second-order valence-electron chi connectivity index (χ2n) is 7.07. The summed E-state index contributed by atoms with van der Waals surface area (Å²) in [5.41, 5.74) is 1.20. The van der Waals surface area contributed by atoms with Gasteiger partial charge in [-0.1, -0.05) is 52.4 Å². The van der Waals surface area contributed by atoms with E-state index in [0.717, 1.165) is 0 Å². The van der Waals surface area contributed by atoms with Crippen molar-refractivity contribution >= 4 is 51.1 Å². The van der Waals surface area contributed by atoms with E-state index in [9.17, 15) is 0 Å². The lowest BCUT2D eigenvalue weighted by atomic mass is 11.8. The molecule has 0 fully saturated rings.